The summed E-state index contributed by atoms with van der Waals surface area (Å²) in [5.74, 6) is -0.879. The number of aryl methyl sites for hydroxylation is 2. The van der Waals surface area contributed by atoms with Crippen LogP contribution < -0.4 is 0 Å². The Morgan fingerprint density at radius 3 is 1.78 bits per heavy atom. The lowest BCUT2D eigenvalue weighted by Crippen LogP contribution is -1.93. The van der Waals surface area contributed by atoms with Crippen LogP contribution in [0.5, 0.6) is 0 Å². The van der Waals surface area contributed by atoms with E-state index in [0.29, 0.717) is 5.56 Å². The minimum absolute atomic E-state index is 0.331. The largest absolute Gasteiger partial charge is 0.478 e. The van der Waals surface area contributed by atoms with Gasteiger partial charge in [-0.2, -0.15) is 0 Å². The van der Waals surface area contributed by atoms with Gasteiger partial charge >= 0.3 is 5.97 Å². The van der Waals surface area contributed by atoms with Crippen LogP contribution in [0.3, 0.4) is 0 Å². The number of aromatic carboxylic acids is 1. The minimum atomic E-state index is -0.879. The minimum Gasteiger partial charge on any atom is -0.478 e. The first-order valence-electron chi connectivity index (χ1n) is 6.12. The van der Waals surface area contributed by atoms with Crippen LogP contribution in [0.1, 0.15) is 27.9 Å². The molecule has 2 nitrogen and oxygen atoms in total. The average Bonchev–Trinajstić information content (AvgIpc) is 2.89. The molecule has 3 rings (SSSR count). The molecule has 0 amide bonds. The van der Waals surface area contributed by atoms with Crippen molar-refractivity contribution in [2.24, 2.45) is 0 Å². The molecule has 0 heterocycles. The zero-order valence-electron chi connectivity index (χ0n) is 10.2. The van der Waals surface area contributed by atoms with Crippen molar-refractivity contribution in [1.82, 2.24) is 0 Å². The number of carboxylic acids is 1. The van der Waals surface area contributed by atoms with Crippen LogP contribution in [-0.2, 0) is 12.8 Å². The highest BCUT2D eigenvalue weighted by Gasteiger charge is 2.07. The van der Waals surface area contributed by atoms with Gasteiger partial charge in [-0.05, 0) is 42.5 Å². The van der Waals surface area contributed by atoms with Crippen LogP contribution in [0.4, 0.5) is 0 Å². The predicted molar refractivity (Wildman–Crippen MR) is 71.9 cm³/mol. The monoisotopic (exact) mass is 240 g/mol. The number of carbonyl (C=O) groups is 1. The molecule has 0 aromatic heterocycles. The van der Waals surface area contributed by atoms with Crippen LogP contribution in [-0.4, -0.2) is 11.1 Å². The van der Waals surface area contributed by atoms with Crippen molar-refractivity contribution >= 4 is 5.97 Å². The number of benzene rings is 2. The van der Waals surface area contributed by atoms with E-state index in [1.165, 1.54) is 19.3 Å². The van der Waals surface area contributed by atoms with E-state index in [-0.39, 0.29) is 0 Å². The van der Waals surface area contributed by atoms with E-state index in [1.807, 2.05) is 0 Å². The zero-order chi connectivity index (χ0) is 12.8. The summed E-state index contributed by atoms with van der Waals surface area (Å²) in [7, 11) is 0. The third kappa shape index (κ3) is 3.20. The number of hydrogen-bond acceptors (Lipinski definition) is 1. The van der Waals surface area contributed by atoms with Gasteiger partial charge in [0.15, 0.2) is 0 Å². The van der Waals surface area contributed by atoms with E-state index in [0.717, 1.165) is 0 Å². The second-order valence-corrected chi connectivity index (χ2v) is 4.29. The van der Waals surface area contributed by atoms with Crippen molar-refractivity contribution < 1.29 is 9.90 Å². The number of carboxylic acid groups (broad SMARTS) is 1. The van der Waals surface area contributed by atoms with E-state index in [1.54, 1.807) is 41.5 Å². The molecular formula is C16H16O2. The molecular weight excluding hydrogens is 224 g/mol. The molecule has 0 spiro atoms. The standard InChI is InChI=1S/C9H10.C7H6O2/c1-2-5-9-7-3-6-8(9)4-1;8-7(9)6-4-2-1-3-5-6/h1-2,4-5H,3,6-7H2;1-5H,(H,8,9). The summed E-state index contributed by atoms with van der Waals surface area (Å²) < 4.78 is 0. The second-order valence-electron chi connectivity index (χ2n) is 4.29. The van der Waals surface area contributed by atoms with Crippen molar-refractivity contribution in [3.63, 3.8) is 0 Å². The molecule has 18 heavy (non-hydrogen) atoms. The first-order chi connectivity index (χ1) is 8.77. The summed E-state index contributed by atoms with van der Waals surface area (Å²) in [5, 5.41) is 8.38. The van der Waals surface area contributed by atoms with Crippen LogP contribution >= 0.6 is 0 Å². The van der Waals surface area contributed by atoms with Crippen LogP contribution in [0.25, 0.3) is 0 Å². The third-order valence-electron chi connectivity index (χ3n) is 3.03. The zero-order valence-corrected chi connectivity index (χ0v) is 10.2. The smallest absolute Gasteiger partial charge is 0.335 e. The summed E-state index contributed by atoms with van der Waals surface area (Å²) in [6.45, 7) is 0. The van der Waals surface area contributed by atoms with Crippen LogP contribution in [0.15, 0.2) is 54.6 Å². The maximum absolute atomic E-state index is 10.2. The maximum atomic E-state index is 10.2. The van der Waals surface area contributed by atoms with E-state index in [9.17, 15) is 4.79 Å². The molecule has 2 aromatic carbocycles. The molecule has 0 atom stereocenters. The highest BCUT2D eigenvalue weighted by atomic mass is 16.4. The van der Waals surface area contributed by atoms with Crippen molar-refractivity contribution in [2.75, 3.05) is 0 Å². The van der Waals surface area contributed by atoms with Crippen molar-refractivity contribution in [2.45, 2.75) is 19.3 Å². The molecule has 1 aliphatic rings. The Labute approximate surface area is 107 Å². The molecule has 0 radical (unpaired) electrons. The molecule has 0 saturated heterocycles. The summed E-state index contributed by atoms with van der Waals surface area (Å²) in [4.78, 5) is 10.2. The number of hydrogen-bond donors (Lipinski definition) is 1. The Kier molecular flexibility index (Phi) is 4.13. The molecule has 2 aromatic rings. The Bertz CT molecular complexity index is 495. The van der Waals surface area contributed by atoms with Gasteiger partial charge in [0.1, 0.15) is 0 Å². The molecule has 0 fully saturated rings. The van der Waals surface area contributed by atoms with Crippen molar-refractivity contribution in [1.29, 1.82) is 0 Å². The predicted octanol–water partition coefficient (Wildman–Crippen LogP) is 3.56. The molecule has 0 aliphatic heterocycles. The quantitative estimate of drug-likeness (QED) is 0.827. The highest BCUT2D eigenvalue weighted by molar-refractivity contribution is 5.87. The van der Waals surface area contributed by atoms with Gasteiger partial charge in [-0.1, -0.05) is 42.5 Å². The van der Waals surface area contributed by atoms with Crippen LogP contribution in [0.2, 0.25) is 0 Å². The molecule has 0 bridgehead atoms. The lowest BCUT2D eigenvalue weighted by atomic mass is 10.1. The fourth-order valence-corrected chi connectivity index (χ4v) is 2.10. The SMILES string of the molecule is O=C(O)c1ccccc1.c1ccc2c(c1)CCC2. The van der Waals surface area contributed by atoms with Gasteiger partial charge in [-0.25, -0.2) is 4.79 Å². The Hall–Kier alpha value is -2.09. The summed E-state index contributed by atoms with van der Waals surface area (Å²) in [6, 6.07) is 17.0. The van der Waals surface area contributed by atoms with Crippen molar-refractivity contribution in [3.05, 3.63) is 71.3 Å². The maximum Gasteiger partial charge on any atom is 0.335 e. The summed E-state index contributed by atoms with van der Waals surface area (Å²) >= 11 is 0. The van der Waals surface area contributed by atoms with Crippen LogP contribution in [0, 0.1) is 0 Å². The number of fused-ring (bicyclic) bond motifs is 1. The average molecular weight is 240 g/mol. The molecule has 0 unspecified atom stereocenters. The van der Waals surface area contributed by atoms with E-state index in [2.05, 4.69) is 24.3 Å². The van der Waals surface area contributed by atoms with Gasteiger partial charge in [0.05, 0.1) is 5.56 Å². The van der Waals surface area contributed by atoms with E-state index >= 15 is 0 Å². The van der Waals surface area contributed by atoms with Gasteiger partial charge in [-0.3, -0.25) is 0 Å². The highest BCUT2D eigenvalue weighted by Crippen LogP contribution is 2.20. The van der Waals surface area contributed by atoms with E-state index in [4.69, 9.17) is 5.11 Å². The summed E-state index contributed by atoms with van der Waals surface area (Å²) in [6.07, 6.45) is 3.96. The summed E-state index contributed by atoms with van der Waals surface area (Å²) in [5.41, 5.74) is 3.47. The fraction of sp³-hybridized carbons (Fsp3) is 0.188. The molecule has 1 N–H and O–H groups in total. The molecule has 1 aliphatic carbocycles. The second kappa shape index (κ2) is 6.01. The van der Waals surface area contributed by atoms with Gasteiger partial charge in [0.2, 0.25) is 0 Å². The molecule has 0 saturated carbocycles. The fourth-order valence-electron chi connectivity index (χ4n) is 2.10. The molecule has 2 heteroatoms. The normalized spacial score (nSPS) is 12.2. The number of rotatable bonds is 1. The van der Waals surface area contributed by atoms with Gasteiger partial charge in [0, 0.05) is 0 Å². The topological polar surface area (TPSA) is 37.3 Å². The third-order valence-corrected chi connectivity index (χ3v) is 3.03. The van der Waals surface area contributed by atoms with Crippen molar-refractivity contribution in [3.8, 4) is 0 Å². The van der Waals surface area contributed by atoms with Gasteiger partial charge in [-0.15, -0.1) is 0 Å². The lowest BCUT2D eigenvalue weighted by Gasteiger charge is -1.93. The lowest BCUT2D eigenvalue weighted by molar-refractivity contribution is 0.0697. The first-order valence-corrected chi connectivity index (χ1v) is 6.12. The Morgan fingerprint density at radius 2 is 1.33 bits per heavy atom. The Balaban J connectivity index is 0.000000134. The van der Waals surface area contributed by atoms with Gasteiger partial charge in [0.25, 0.3) is 0 Å². The first kappa shape index (κ1) is 12.4. The molecule has 92 valence electrons. The van der Waals surface area contributed by atoms with E-state index < -0.39 is 5.97 Å². The Morgan fingerprint density at radius 1 is 0.833 bits per heavy atom. The van der Waals surface area contributed by atoms with Gasteiger partial charge < -0.3 is 5.11 Å².